The molecule has 0 amide bonds. The van der Waals surface area contributed by atoms with Gasteiger partial charge in [0.05, 0.1) is 0 Å². The van der Waals surface area contributed by atoms with Crippen LogP contribution in [-0.2, 0) is 4.74 Å². The average Bonchev–Trinajstić information content (AvgIpc) is 2.21. The molecule has 0 saturated carbocycles. The van der Waals surface area contributed by atoms with Crippen molar-refractivity contribution in [2.45, 2.75) is 33.1 Å². The molecule has 0 bridgehead atoms. The Labute approximate surface area is 88.6 Å². The van der Waals surface area contributed by atoms with Crippen LogP contribution in [0.1, 0.15) is 33.1 Å². The Kier molecular flexibility index (Phi) is 5.49. The van der Waals surface area contributed by atoms with Crippen molar-refractivity contribution >= 4 is 0 Å². The molecule has 0 aromatic rings. The molecule has 0 aromatic heterocycles. The SMILES string of the molecule is CCC(C)CN1CCC(COC)CC1. The molecule has 1 fully saturated rings. The Bertz CT molecular complexity index is 141. The van der Waals surface area contributed by atoms with Gasteiger partial charge in [-0.3, -0.25) is 0 Å². The monoisotopic (exact) mass is 199 g/mol. The third-order valence-corrected chi connectivity index (χ3v) is 3.38. The zero-order valence-corrected chi connectivity index (χ0v) is 9.96. The molecule has 1 heterocycles. The van der Waals surface area contributed by atoms with E-state index >= 15 is 0 Å². The van der Waals surface area contributed by atoms with E-state index in [9.17, 15) is 0 Å². The van der Waals surface area contributed by atoms with Crippen LogP contribution in [0.3, 0.4) is 0 Å². The van der Waals surface area contributed by atoms with Crippen LogP contribution in [0.25, 0.3) is 0 Å². The number of rotatable bonds is 5. The van der Waals surface area contributed by atoms with Gasteiger partial charge in [-0.2, -0.15) is 0 Å². The summed E-state index contributed by atoms with van der Waals surface area (Å²) >= 11 is 0. The first-order valence-electron chi connectivity index (χ1n) is 5.97. The smallest absolute Gasteiger partial charge is 0.0491 e. The van der Waals surface area contributed by atoms with Crippen molar-refractivity contribution < 1.29 is 4.74 Å². The lowest BCUT2D eigenvalue weighted by Crippen LogP contribution is -2.37. The minimum Gasteiger partial charge on any atom is -0.384 e. The first kappa shape index (κ1) is 12.0. The molecule has 0 spiro atoms. The van der Waals surface area contributed by atoms with Crippen molar-refractivity contribution in [3.63, 3.8) is 0 Å². The largest absolute Gasteiger partial charge is 0.384 e. The first-order valence-corrected chi connectivity index (χ1v) is 5.97. The van der Waals surface area contributed by atoms with E-state index in [0.717, 1.165) is 18.4 Å². The number of likely N-dealkylation sites (tertiary alicyclic amines) is 1. The highest BCUT2D eigenvalue weighted by Crippen LogP contribution is 2.18. The Morgan fingerprint density at radius 3 is 2.50 bits per heavy atom. The van der Waals surface area contributed by atoms with Crippen molar-refractivity contribution in [1.82, 2.24) is 4.90 Å². The van der Waals surface area contributed by atoms with E-state index in [-0.39, 0.29) is 0 Å². The maximum absolute atomic E-state index is 5.20. The predicted octanol–water partition coefficient (Wildman–Crippen LogP) is 2.39. The molecule has 1 aliphatic heterocycles. The van der Waals surface area contributed by atoms with E-state index in [2.05, 4.69) is 18.7 Å². The molecule has 0 N–H and O–H groups in total. The molecule has 0 aromatic carbocycles. The van der Waals surface area contributed by atoms with Gasteiger partial charge in [0, 0.05) is 20.3 Å². The van der Waals surface area contributed by atoms with Gasteiger partial charge in [-0.05, 0) is 37.8 Å². The van der Waals surface area contributed by atoms with Crippen LogP contribution in [-0.4, -0.2) is 38.3 Å². The summed E-state index contributed by atoms with van der Waals surface area (Å²) < 4.78 is 5.20. The van der Waals surface area contributed by atoms with Gasteiger partial charge in [0.2, 0.25) is 0 Å². The normalized spacial score (nSPS) is 22.5. The molecule has 2 heteroatoms. The second-order valence-corrected chi connectivity index (χ2v) is 4.71. The van der Waals surface area contributed by atoms with Crippen LogP contribution in [0.2, 0.25) is 0 Å². The Morgan fingerprint density at radius 2 is 2.00 bits per heavy atom. The summed E-state index contributed by atoms with van der Waals surface area (Å²) in [6.07, 6.45) is 3.95. The lowest BCUT2D eigenvalue weighted by Gasteiger charge is -2.33. The fourth-order valence-electron chi connectivity index (χ4n) is 2.14. The van der Waals surface area contributed by atoms with Crippen LogP contribution >= 0.6 is 0 Å². The fraction of sp³-hybridized carbons (Fsp3) is 1.00. The zero-order chi connectivity index (χ0) is 10.4. The Hall–Kier alpha value is -0.0800. The molecule has 14 heavy (non-hydrogen) atoms. The van der Waals surface area contributed by atoms with Gasteiger partial charge in [-0.15, -0.1) is 0 Å². The van der Waals surface area contributed by atoms with Crippen molar-refractivity contribution in [2.24, 2.45) is 11.8 Å². The summed E-state index contributed by atoms with van der Waals surface area (Å²) in [5, 5.41) is 0. The molecule has 0 aliphatic carbocycles. The summed E-state index contributed by atoms with van der Waals surface area (Å²) in [4.78, 5) is 2.61. The van der Waals surface area contributed by atoms with Crippen molar-refractivity contribution in [3.8, 4) is 0 Å². The van der Waals surface area contributed by atoms with Gasteiger partial charge in [0.15, 0.2) is 0 Å². The molecular weight excluding hydrogens is 174 g/mol. The van der Waals surface area contributed by atoms with Crippen molar-refractivity contribution in [1.29, 1.82) is 0 Å². The molecule has 0 radical (unpaired) electrons. The highest BCUT2D eigenvalue weighted by molar-refractivity contribution is 4.73. The van der Waals surface area contributed by atoms with Gasteiger partial charge < -0.3 is 9.64 Å². The van der Waals surface area contributed by atoms with Crippen molar-refractivity contribution in [2.75, 3.05) is 33.4 Å². The topological polar surface area (TPSA) is 12.5 Å². The highest BCUT2D eigenvalue weighted by atomic mass is 16.5. The average molecular weight is 199 g/mol. The zero-order valence-electron chi connectivity index (χ0n) is 9.96. The maximum atomic E-state index is 5.20. The molecule has 84 valence electrons. The molecule has 1 unspecified atom stereocenters. The van der Waals surface area contributed by atoms with Crippen molar-refractivity contribution in [3.05, 3.63) is 0 Å². The minimum atomic E-state index is 0.813. The van der Waals surface area contributed by atoms with E-state index < -0.39 is 0 Å². The van der Waals surface area contributed by atoms with E-state index in [1.54, 1.807) is 0 Å². The number of nitrogens with zero attached hydrogens (tertiary/aromatic N) is 1. The van der Waals surface area contributed by atoms with Gasteiger partial charge in [0.25, 0.3) is 0 Å². The summed E-state index contributed by atoms with van der Waals surface area (Å²) in [6.45, 7) is 9.42. The number of methoxy groups -OCH3 is 1. The van der Waals surface area contributed by atoms with Crippen LogP contribution in [0.15, 0.2) is 0 Å². The quantitative estimate of drug-likeness (QED) is 0.674. The van der Waals surface area contributed by atoms with Crippen LogP contribution < -0.4 is 0 Å². The summed E-state index contributed by atoms with van der Waals surface area (Å²) in [7, 11) is 1.81. The summed E-state index contributed by atoms with van der Waals surface area (Å²) in [5.74, 6) is 1.67. The molecular formula is C12H25NO. The standard InChI is InChI=1S/C12H25NO/c1-4-11(2)9-13-7-5-12(6-8-13)10-14-3/h11-12H,4-10H2,1-3H3. The highest BCUT2D eigenvalue weighted by Gasteiger charge is 2.19. The summed E-state index contributed by atoms with van der Waals surface area (Å²) in [5.41, 5.74) is 0. The second kappa shape index (κ2) is 6.41. The van der Waals surface area contributed by atoms with Gasteiger partial charge in [-0.1, -0.05) is 20.3 Å². The lowest BCUT2D eigenvalue weighted by molar-refractivity contribution is 0.0934. The molecule has 1 atom stereocenters. The van der Waals surface area contributed by atoms with E-state index in [0.29, 0.717) is 0 Å². The number of hydrogen-bond donors (Lipinski definition) is 0. The van der Waals surface area contributed by atoms with Gasteiger partial charge >= 0.3 is 0 Å². The minimum absolute atomic E-state index is 0.813. The Morgan fingerprint density at radius 1 is 1.36 bits per heavy atom. The molecule has 2 nitrogen and oxygen atoms in total. The molecule has 1 saturated heterocycles. The van der Waals surface area contributed by atoms with E-state index in [4.69, 9.17) is 4.74 Å². The number of piperidine rings is 1. The van der Waals surface area contributed by atoms with Crippen LogP contribution in [0.5, 0.6) is 0 Å². The number of ether oxygens (including phenoxy) is 1. The Balaban J connectivity index is 2.15. The maximum Gasteiger partial charge on any atom is 0.0491 e. The van der Waals surface area contributed by atoms with E-state index in [1.165, 1.54) is 38.9 Å². The number of hydrogen-bond acceptors (Lipinski definition) is 2. The molecule has 1 aliphatic rings. The third-order valence-electron chi connectivity index (χ3n) is 3.38. The van der Waals surface area contributed by atoms with E-state index in [1.807, 2.05) is 7.11 Å². The van der Waals surface area contributed by atoms with Crippen LogP contribution in [0.4, 0.5) is 0 Å². The first-order chi connectivity index (χ1) is 6.76. The summed E-state index contributed by atoms with van der Waals surface area (Å²) in [6, 6.07) is 0. The predicted molar refractivity (Wildman–Crippen MR) is 60.5 cm³/mol. The lowest BCUT2D eigenvalue weighted by atomic mass is 9.96. The third kappa shape index (κ3) is 3.97. The molecule has 1 rings (SSSR count). The fourth-order valence-corrected chi connectivity index (χ4v) is 2.14. The van der Waals surface area contributed by atoms with Gasteiger partial charge in [0.1, 0.15) is 0 Å². The van der Waals surface area contributed by atoms with Gasteiger partial charge in [-0.25, -0.2) is 0 Å². The van der Waals surface area contributed by atoms with Crippen LogP contribution in [0, 0.1) is 11.8 Å². The second-order valence-electron chi connectivity index (χ2n) is 4.71.